The molecule has 0 radical (unpaired) electrons. The van der Waals surface area contributed by atoms with Crippen LogP contribution in [0.3, 0.4) is 0 Å². The molecule has 0 N–H and O–H groups in total. The van der Waals surface area contributed by atoms with E-state index in [9.17, 15) is 18.0 Å². The van der Waals surface area contributed by atoms with E-state index in [0.717, 1.165) is 6.26 Å². The summed E-state index contributed by atoms with van der Waals surface area (Å²) in [6.45, 7) is 5.68. The van der Waals surface area contributed by atoms with Gasteiger partial charge in [-0.2, -0.15) is 0 Å². The summed E-state index contributed by atoms with van der Waals surface area (Å²) in [7, 11) is -3.26. The van der Waals surface area contributed by atoms with Gasteiger partial charge in [-0.15, -0.1) is 0 Å². The second-order valence-corrected chi connectivity index (χ2v) is 9.09. The van der Waals surface area contributed by atoms with Crippen molar-refractivity contribution in [3.05, 3.63) is 24.3 Å². The summed E-state index contributed by atoms with van der Waals surface area (Å²) in [5.74, 6) is -0.0448. The summed E-state index contributed by atoms with van der Waals surface area (Å²) in [5.41, 5.74) is -0.615. The monoisotopic (exact) mass is 369 g/mol. The minimum atomic E-state index is -3.26. The summed E-state index contributed by atoms with van der Waals surface area (Å²) in [6, 6.07) is 5.99. The number of hydrogen-bond donors (Lipinski definition) is 0. The number of carbonyl (C=O) groups is 2. The maximum Gasteiger partial charge on any atom is 0.410 e. The predicted octanol–water partition coefficient (Wildman–Crippen LogP) is 1.90. The Morgan fingerprint density at radius 3 is 2.36 bits per heavy atom. The minimum Gasteiger partial charge on any atom is -0.493 e. The number of likely N-dealkylation sites (tertiary alicyclic amines) is 1. The second-order valence-electron chi connectivity index (χ2n) is 7.08. The lowest BCUT2D eigenvalue weighted by atomic mass is 10.1. The SMILES string of the molecule is CC(C)(C)OC(=O)N1CC(=O)C(COc2ccc(S(C)(=O)=O)cc2)C1. The Kier molecular flexibility index (Phi) is 5.41. The molecule has 1 atom stereocenters. The maximum atomic E-state index is 12.1. The highest BCUT2D eigenvalue weighted by atomic mass is 32.2. The maximum absolute atomic E-state index is 12.1. The van der Waals surface area contributed by atoms with Crippen molar-refractivity contribution < 1.29 is 27.5 Å². The van der Waals surface area contributed by atoms with Crippen molar-refractivity contribution in [2.45, 2.75) is 31.3 Å². The predicted molar refractivity (Wildman–Crippen MR) is 91.4 cm³/mol. The molecule has 1 heterocycles. The Hall–Kier alpha value is -2.09. The topological polar surface area (TPSA) is 90.0 Å². The van der Waals surface area contributed by atoms with Crippen LogP contribution in [-0.2, 0) is 19.4 Å². The van der Waals surface area contributed by atoms with Crippen LogP contribution >= 0.6 is 0 Å². The van der Waals surface area contributed by atoms with E-state index in [4.69, 9.17) is 9.47 Å². The Balaban J connectivity index is 1.91. The molecule has 0 aliphatic carbocycles. The average molecular weight is 369 g/mol. The molecule has 1 amide bonds. The van der Waals surface area contributed by atoms with Gasteiger partial charge in [0.2, 0.25) is 0 Å². The van der Waals surface area contributed by atoms with Crippen LogP contribution in [0.4, 0.5) is 4.79 Å². The number of ketones is 1. The minimum absolute atomic E-state index is 0.00988. The van der Waals surface area contributed by atoms with Crippen LogP contribution in [0.5, 0.6) is 5.75 Å². The lowest BCUT2D eigenvalue weighted by Gasteiger charge is -2.24. The molecular formula is C17H23NO6S. The van der Waals surface area contributed by atoms with Crippen molar-refractivity contribution in [3.8, 4) is 5.75 Å². The number of nitrogens with zero attached hydrogens (tertiary/aromatic N) is 1. The van der Waals surface area contributed by atoms with Crippen LogP contribution in [0.2, 0.25) is 0 Å². The third kappa shape index (κ3) is 5.45. The van der Waals surface area contributed by atoms with E-state index < -0.39 is 27.4 Å². The smallest absolute Gasteiger partial charge is 0.410 e. The molecule has 2 rings (SSSR count). The van der Waals surface area contributed by atoms with Crippen molar-refractivity contribution in [1.29, 1.82) is 0 Å². The summed E-state index contributed by atoms with van der Waals surface area (Å²) < 4.78 is 33.7. The highest BCUT2D eigenvalue weighted by molar-refractivity contribution is 7.90. The first-order valence-corrected chi connectivity index (χ1v) is 9.78. The molecule has 0 bridgehead atoms. The van der Waals surface area contributed by atoms with Gasteiger partial charge in [0.1, 0.15) is 11.4 Å². The fourth-order valence-corrected chi connectivity index (χ4v) is 2.97. The van der Waals surface area contributed by atoms with Crippen LogP contribution in [0, 0.1) is 5.92 Å². The Morgan fingerprint density at radius 2 is 1.84 bits per heavy atom. The van der Waals surface area contributed by atoms with E-state index in [1.807, 2.05) is 0 Å². The Bertz CT molecular complexity index is 748. The van der Waals surface area contributed by atoms with Gasteiger partial charge in [0, 0.05) is 12.8 Å². The molecule has 1 aliphatic heterocycles. The Morgan fingerprint density at radius 1 is 1.24 bits per heavy atom. The van der Waals surface area contributed by atoms with Crippen molar-refractivity contribution >= 4 is 21.7 Å². The van der Waals surface area contributed by atoms with E-state index in [1.54, 1.807) is 32.9 Å². The van der Waals surface area contributed by atoms with Gasteiger partial charge in [0.05, 0.1) is 24.0 Å². The van der Waals surface area contributed by atoms with E-state index in [2.05, 4.69) is 0 Å². The largest absolute Gasteiger partial charge is 0.493 e. The highest BCUT2D eigenvalue weighted by Gasteiger charge is 2.36. The number of rotatable bonds is 4. The molecule has 1 saturated heterocycles. The van der Waals surface area contributed by atoms with E-state index in [-0.39, 0.29) is 30.4 Å². The van der Waals surface area contributed by atoms with Gasteiger partial charge < -0.3 is 14.4 Å². The molecule has 138 valence electrons. The zero-order valence-electron chi connectivity index (χ0n) is 14.8. The molecule has 25 heavy (non-hydrogen) atoms. The Labute approximate surface area is 147 Å². The number of ether oxygens (including phenoxy) is 2. The fraction of sp³-hybridized carbons (Fsp3) is 0.529. The van der Waals surface area contributed by atoms with Gasteiger partial charge in [-0.05, 0) is 45.0 Å². The molecule has 0 aromatic heterocycles. The molecule has 0 saturated carbocycles. The number of sulfone groups is 1. The summed E-state index contributed by atoms with van der Waals surface area (Å²) in [6.07, 6.45) is 0.617. The normalized spacial score (nSPS) is 18.3. The summed E-state index contributed by atoms with van der Waals surface area (Å²) in [4.78, 5) is 25.6. The van der Waals surface area contributed by atoms with Crippen LogP contribution in [0.15, 0.2) is 29.2 Å². The first kappa shape index (κ1) is 19.2. The number of hydrogen-bond acceptors (Lipinski definition) is 6. The third-order valence-corrected chi connectivity index (χ3v) is 4.73. The van der Waals surface area contributed by atoms with E-state index in [1.165, 1.54) is 17.0 Å². The van der Waals surface area contributed by atoms with Crippen LogP contribution in [-0.4, -0.2) is 56.7 Å². The fourth-order valence-electron chi connectivity index (χ4n) is 2.34. The molecule has 1 unspecified atom stereocenters. The first-order chi connectivity index (χ1) is 11.5. The number of Topliss-reactive ketones (excluding diaryl/α,β-unsaturated/α-hetero) is 1. The molecule has 1 fully saturated rings. The molecule has 1 aliphatic rings. The average Bonchev–Trinajstić information content (AvgIpc) is 2.84. The molecule has 7 nitrogen and oxygen atoms in total. The molecule has 1 aromatic rings. The van der Waals surface area contributed by atoms with Gasteiger partial charge in [-0.3, -0.25) is 4.79 Å². The van der Waals surface area contributed by atoms with Crippen molar-refractivity contribution in [3.63, 3.8) is 0 Å². The zero-order valence-corrected chi connectivity index (χ0v) is 15.6. The summed E-state index contributed by atoms with van der Waals surface area (Å²) >= 11 is 0. The quantitative estimate of drug-likeness (QED) is 0.805. The molecule has 8 heteroatoms. The van der Waals surface area contributed by atoms with Crippen molar-refractivity contribution in [1.82, 2.24) is 4.90 Å². The third-order valence-electron chi connectivity index (χ3n) is 3.60. The van der Waals surface area contributed by atoms with Gasteiger partial charge in [-0.1, -0.05) is 0 Å². The lowest BCUT2D eigenvalue weighted by molar-refractivity contribution is -0.120. The zero-order chi connectivity index (χ0) is 18.8. The van der Waals surface area contributed by atoms with E-state index >= 15 is 0 Å². The highest BCUT2D eigenvalue weighted by Crippen LogP contribution is 2.20. The van der Waals surface area contributed by atoms with Gasteiger partial charge in [0.15, 0.2) is 15.6 Å². The van der Waals surface area contributed by atoms with Gasteiger partial charge in [0.25, 0.3) is 0 Å². The molecule has 0 spiro atoms. The van der Waals surface area contributed by atoms with Gasteiger partial charge in [-0.25, -0.2) is 13.2 Å². The van der Waals surface area contributed by atoms with Gasteiger partial charge >= 0.3 is 6.09 Å². The summed E-state index contributed by atoms with van der Waals surface area (Å²) in [5, 5.41) is 0. The number of amides is 1. The van der Waals surface area contributed by atoms with E-state index in [0.29, 0.717) is 5.75 Å². The second kappa shape index (κ2) is 7.03. The van der Waals surface area contributed by atoms with Crippen molar-refractivity contribution in [2.75, 3.05) is 26.0 Å². The molecular weight excluding hydrogens is 346 g/mol. The van der Waals surface area contributed by atoms with Crippen LogP contribution in [0.1, 0.15) is 20.8 Å². The lowest BCUT2D eigenvalue weighted by Crippen LogP contribution is -2.35. The van der Waals surface area contributed by atoms with Crippen LogP contribution < -0.4 is 4.74 Å². The molecule has 1 aromatic carbocycles. The first-order valence-electron chi connectivity index (χ1n) is 7.89. The number of carbonyl (C=O) groups excluding carboxylic acids is 2. The standard InChI is InChI=1S/C17H23NO6S/c1-17(2,3)24-16(20)18-9-12(15(19)10-18)11-23-13-5-7-14(8-6-13)25(4,21)22/h5-8,12H,9-11H2,1-4H3. The number of benzene rings is 1. The van der Waals surface area contributed by atoms with Crippen molar-refractivity contribution in [2.24, 2.45) is 5.92 Å². The van der Waals surface area contributed by atoms with Crippen LogP contribution in [0.25, 0.3) is 0 Å².